The molecule has 0 bridgehead atoms. The van der Waals surface area contributed by atoms with Gasteiger partial charge in [-0.1, -0.05) is 24.3 Å². The lowest BCUT2D eigenvalue weighted by Gasteiger charge is -2.21. The first-order valence-corrected chi connectivity index (χ1v) is 10.5. The van der Waals surface area contributed by atoms with Crippen molar-refractivity contribution in [2.45, 2.75) is 31.8 Å². The second-order valence-electron chi connectivity index (χ2n) is 7.43. The molecule has 1 amide bonds. The molecule has 30 heavy (non-hydrogen) atoms. The van der Waals surface area contributed by atoms with E-state index >= 15 is 0 Å². The van der Waals surface area contributed by atoms with Gasteiger partial charge in [-0.25, -0.2) is 0 Å². The highest BCUT2D eigenvalue weighted by Gasteiger charge is 2.26. The third kappa shape index (κ3) is 4.14. The molecule has 6 nitrogen and oxygen atoms in total. The summed E-state index contributed by atoms with van der Waals surface area (Å²) in [6.45, 7) is 3.64. The number of H-pyrrole nitrogens is 1. The number of hydrogen-bond donors (Lipinski definition) is 2. The second-order valence-corrected chi connectivity index (χ2v) is 7.43. The van der Waals surface area contributed by atoms with E-state index in [2.05, 4.69) is 22.4 Å². The highest BCUT2D eigenvalue weighted by molar-refractivity contribution is 5.85. The van der Waals surface area contributed by atoms with Crippen molar-refractivity contribution in [3.8, 4) is 11.5 Å². The van der Waals surface area contributed by atoms with Gasteiger partial charge in [0.25, 0.3) is 0 Å². The number of carbonyl (C=O) groups is 1. The van der Waals surface area contributed by atoms with Crippen LogP contribution in [0, 0.1) is 0 Å². The third-order valence-electron chi connectivity index (χ3n) is 5.59. The number of benzene rings is 2. The topological polar surface area (TPSA) is 72.6 Å². The van der Waals surface area contributed by atoms with Crippen LogP contribution in [0.3, 0.4) is 0 Å². The average molecular weight is 408 g/mol. The Kier molecular flexibility index (Phi) is 6.23. The minimum atomic E-state index is -0.344. The molecule has 3 aromatic rings. The highest BCUT2D eigenvalue weighted by atomic mass is 16.5. The van der Waals surface area contributed by atoms with Crippen molar-refractivity contribution in [1.29, 1.82) is 0 Å². The van der Waals surface area contributed by atoms with Crippen LogP contribution in [0.25, 0.3) is 10.9 Å². The zero-order chi connectivity index (χ0) is 20.9. The lowest BCUT2D eigenvalue weighted by Crippen LogP contribution is -2.36. The first-order valence-electron chi connectivity index (χ1n) is 10.5. The molecule has 1 fully saturated rings. The number of carbonyl (C=O) groups excluding carboxylic acids is 1. The molecule has 1 aliphatic rings. The van der Waals surface area contributed by atoms with E-state index in [4.69, 9.17) is 14.2 Å². The second kappa shape index (κ2) is 9.22. The standard InChI is InChI=1S/C24H28N2O4/c1-3-29-21-11-10-16(13-23(21)28-2)18(14-26-24(27)22-9-6-12-30-22)19-15-25-20-8-5-4-7-17(19)20/h4-5,7-8,10-11,13,15,18,22,25H,3,6,9,12,14H2,1-2H3,(H,26,27)/t18-,22+/m1/s1. The van der Waals surface area contributed by atoms with Gasteiger partial charge in [-0.15, -0.1) is 0 Å². The summed E-state index contributed by atoms with van der Waals surface area (Å²) in [5.74, 6) is 1.31. The monoisotopic (exact) mass is 408 g/mol. The van der Waals surface area contributed by atoms with E-state index in [-0.39, 0.29) is 17.9 Å². The van der Waals surface area contributed by atoms with Crippen molar-refractivity contribution < 1.29 is 19.0 Å². The molecule has 0 aliphatic carbocycles. The van der Waals surface area contributed by atoms with Crippen LogP contribution >= 0.6 is 0 Å². The molecule has 6 heteroatoms. The minimum Gasteiger partial charge on any atom is -0.493 e. The van der Waals surface area contributed by atoms with Gasteiger partial charge >= 0.3 is 0 Å². The van der Waals surface area contributed by atoms with Crippen molar-refractivity contribution >= 4 is 16.8 Å². The molecule has 0 spiro atoms. The van der Waals surface area contributed by atoms with Crippen LogP contribution in [0.4, 0.5) is 0 Å². The molecule has 0 radical (unpaired) electrons. The zero-order valence-electron chi connectivity index (χ0n) is 17.4. The maximum absolute atomic E-state index is 12.6. The van der Waals surface area contributed by atoms with E-state index < -0.39 is 0 Å². The molecule has 1 saturated heterocycles. The lowest BCUT2D eigenvalue weighted by atomic mass is 9.90. The summed E-state index contributed by atoms with van der Waals surface area (Å²) >= 11 is 0. The normalized spacial score (nSPS) is 17.1. The van der Waals surface area contributed by atoms with Gasteiger partial charge in [0, 0.05) is 36.2 Å². The van der Waals surface area contributed by atoms with E-state index in [0.29, 0.717) is 31.3 Å². The number of aromatic nitrogens is 1. The quantitative estimate of drug-likeness (QED) is 0.591. The number of amides is 1. The van der Waals surface area contributed by atoms with Crippen molar-refractivity contribution in [3.63, 3.8) is 0 Å². The summed E-state index contributed by atoms with van der Waals surface area (Å²) in [4.78, 5) is 15.9. The maximum Gasteiger partial charge on any atom is 0.249 e. The minimum absolute atomic E-state index is 0.0453. The van der Waals surface area contributed by atoms with Gasteiger partial charge in [0.15, 0.2) is 11.5 Å². The Bertz CT molecular complexity index is 1010. The van der Waals surface area contributed by atoms with Crippen LogP contribution in [0.5, 0.6) is 11.5 Å². The number of nitrogens with one attached hydrogen (secondary N) is 2. The molecule has 158 valence electrons. The van der Waals surface area contributed by atoms with Gasteiger partial charge in [0.05, 0.1) is 13.7 Å². The molecule has 2 N–H and O–H groups in total. The van der Waals surface area contributed by atoms with E-state index in [9.17, 15) is 4.79 Å². The molecule has 1 aromatic heterocycles. The molecule has 0 saturated carbocycles. The SMILES string of the molecule is CCOc1ccc([C@@H](CNC(=O)[C@@H]2CCCO2)c2c[nH]c3ccccc23)cc1OC. The largest absolute Gasteiger partial charge is 0.493 e. The van der Waals surface area contributed by atoms with Crippen LogP contribution < -0.4 is 14.8 Å². The lowest BCUT2D eigenvalue weighted by molar-refractivity contribution is -0.130. The number of aromatic amines is 1. The number of ether oxygens (including phenoxy) is 3. The smallest absolute Gasteiger partial charge is 0.249 e. The van der Waals surface area contributed by atoms with Crippen molar-refractivity contribution in [2.24, 2.45) is 0 Å². The Hall–Kier alpha value is -2.99. The summed E-state index contributed by atoms with van der Waals surface area (Å²) in [5, 5.41) is 4.24. The number of para-hydroxylation sites is 1. The molecule has 2 heterocycles. The molecule has 4 rings (SSSR count). The van der Waals surface area contributed by atoms with Crippen LogP contribution in [0.1, 0.15) is 36.8 Å². The van der Waals surface area contributed by atoms with Crippen molar-refractivity contribution in [2.75, 3.05) is 26.9 Å². The van der Waals surface area contributed by atoms with Gasteiger partial charge in [0.1, 0.15) is 6.10 Å². The van der Waals surface area contributed by atoms with Crippen LogP contribution in [0.15, 0.2) is 48.7 Å². The van der Waals surface area contributed by atoms with Gasteiger partial charge < -0.3 is 24.5 Å². The van der Waals surface area contributed by atoms with E-state index in [1.165, 1.54) is 0 Å². The van der Waals surface area contributed by atoms with Gasteiger partial charge in [-0.2, -0.15) is 0 Å². The Morgan fingerprint density at radius 3 is 2.90 bits per heavy atom. The Labute approximate surface area is 176 Å². The van der Waals surface area contributed by atoms with Gasteiger partial charge in [-0.05, 0) is 49.1 Å². The Morgan fingerprint density at radius 1 is 1.27 bits per heavy atom. The molecule has 2 aromatic carbocycles. The fourth-order valence-corrected chi connectivity index (χ4v) is 4.07. The third-order valence-corrected chi connectivity index (χ3v) is 5.59. The molecule has 2 atom stereocenters. The number of rotatable bonds is 8. The molecule has 0 unspecified atom stereocenters. The van der Waals surface area contributed by atoms with Crippen LogP contribution in [-0.2, 0) is 9.53 Å². The summed E-state index contributed by atoms with van der Waals surface area (Å²) in [6, 6.07) is 14.2. The summed E-state index contributed by atoms with van der Waals surface area (Å²) in [5.41, 5.74) is 3.25. The molecular formula is C24H28N2O4. The van der Waals surface area contributed by atoms with Gasteiger partial charge in [-0.3, -0.25) is 4.79 Å². The predicted molar refractivity (Wildman–Crippen MR) is 116 cm³/mol. The van der Waals surface area contributed by atoms with Gasteiger partial charge in [0.2, 0.25) is 5.91 Å². The van der Waals surface area contributed by atoms with E-state index in [0.717, 1.165) is 34.9 Å². The zero-order valence-corrected chi connectivity index (χ0v) is 17.4. The Balaban J connectivity index is 1.67. The van der Waals surface area contributed by atoms with E-state index in [1.807, 2.05) is 43.5 Å². The molecule has 1 aliphatic heterocycles. The average Bonchev–Trinajstić information content (AvgIpc) is 3.45. The predicted octanol–water partition coefficient (Wildman–Crippen LogP) is 4.00. The number of hydrogen-bond acceptors (Lipinski definition) is 4. The molecular weight excluding hydrogens is 380 g/mol. The summed E-state index contributed by atoms with van der Waals surface area (Å²) in [6.07, 6.45) is 3.39. The first-order chi connectivity index (χ1) is 14.7. The van der Waals surface area contributed by atoms with Crippen molar-refractivity contribution in [3.05, 3.63) is 59.8 Å². The summed E-state index contributed by atoms with van der Waals surface area (Å²) < 4.78 is 16.8. The maximum atomic E-state index is 12.6. The fraction of sp³-hybridized carbons (Fsp3) is 0.375. The first kappa shape index (κ1) is 20.3. The van der Waals surface area contributed by atoms with Crippen LogP contribution in [0.2, 0.25) is 0 Å². The summed E-state index contributed by atoms with van der Waals surface area (Å²) in [7, 11) is 1.64. The van der Waals surface area contributed by atoms with E-state index in [1.54, 1.807) is 7.11 Å². The number of methoxy groups -OCH3 is 1. The van der Waals surface area contributed by atoms with Crippen molar-refractivity contribution in [1.82, 2.24) is 10.3 Å². The fourth-order valence-electron chi connectivity index (χ4n) is 4.07. The Morgan fingerprint density at radius 2 is 2.13 bits per heavy atom. The van der Waals surface area contributed by atoms with Crippen LogP contribution in [-0.4, -0.2) is 43.9 Å². The highest BCUT2D eigenvalue weighted by Crippen LogP contribution is 2.36. The number of fused-ring (bicyclic) bond motifs is 1.